The summed E-state index contributed by atoms with van der Waals surface area (Å²) in [7, 11) is 0. The molecule has 0 aliphatic carbocycles. The minimum atomic E-state index is -0.418. The standard InChI is InChI=1S/C22H20BrN3O3S2/c1-14-8-10-15(11-9-14)13-18-21(29)26(22(30)31-18)12-4-7-19(27)24-25-20(28)16-5-2-3-6-17(16)23/h2-3,5-6,8-11,13H,4,7,12H2,1H3,(H,24,27)(H,25,28). The van der Waals surface area contributed by atoms with E-state index >= 15 is 0 Å². The van der Waals surface area contributed by atoms with Gasteiger partial charge in [-0.15, -0.1) is 0 Å². The van der Waals surface area contributed by atoms with E-state index in [1.54, 1.807) is 24.3 Å². The highest BCUT2D eigenvalue weighted by Gasteiger charge is 2.31. The second-order valence-corrected chi connectivity index (χ2v) is 9.36. The summed E-state index contributed by atoms with van der Waals surface area (Å²) in [5, 5.41) is 0. The fourth-order valence-corrected chi connectivity index (χ4v) is 4.58. The number of rotatable bonds is 6. The third-order valence-corrected chi connectivity index (χ3v) is 6.54. The third-order valence-electron chi connectivity index (χ3n) is 4.47. The van der Waals surface area contributed by atoms with Gasteiger partial charge in [-0.25, -0.2) is 0 Å². The predicted molar refractivity (Wildman–Crippen MR) is 130 cm³/mol. The molecule has 9 heteroatoms. The van der Waals surface area contributed by atoms with Gasteiger partial charge in [0.1, 0.15) is 4.32 Å². The summed E-state index contributed by atoms with van der Waals surface area (Å²) in [6.07, 6.45) is 2.38. The van der Waals surface area contributed by atoms with Crippen LogP contribution in [0.3, 0.4) is 0 Å². The monoisotopic (exact) mass is 517 g/mol. The molecule has 1 saturated heterocycles. The number of carbonyl (C=O) groups excluding carboxylic acids is 3. The van der Waals surface area contributed by atoms with Crippen LogP contribution in [-0.2, 0) is 9.59 Å². The maximum absolute atomic E-state index is 12.7. The van der Waals surface area contributed by atoms with Crippen LogP contribution < -0.4 is 10.9 Å². The van der Waals surface area contributed by atoms with Crippen molar-refractivity contribution in [1.29, 1.82) is 0 Å². The van der Waals surface area contributed by atoms with Crippen LogP contribution in [0.4, 0.5) is 0 Å². The molecule has 0 saturated carbocycles. The van der Waals surface area contributed by atoms with Crippen LogP contribution in [0.1, 0.15) is 34.3 Å². The van der Waals surface area contributed by atoms with E-state index in [0.29, 0.717) is 32.2 Å². The van der Waals surface area contributed by atoms with Crippen molar-refractivity contribution < 1.29 is 14.4 Å². The topological polar surface area (TPSA) is 78.5 Å². The average molecular weight is 518 g/mol. The van der Waals surface area contributed by atoms with Crippen molar-refractivity contribution in [2.24, 2.45) is 0 Å². The molecule has 0 atom stereocenters. The van der Waals surface area contributed by atoms with Crippen molar-refractivity contribution in [3.05, 3.63) is 74.6 Å². The van der Waals surface area contributed by atoms with Gasteiger partial charge in [-0.05, 0) is 53.0 Å². The molecule has 0 unspecified atom stereocenters. The van der Waals surface area contributed by atoms with E-state index in [1.165, 1.54) is 16.7 Å². The Morgan fingerprint density at radius 3 is 2.55 bits per heavy atom. The molecule has 6 nitrogen and oxygen atoms in total. The quantitative estimate of drug-likeness (QED) is 0.341. The molecule has 2 aromatic rings. The van der Waals surface area contributed by atoms with Gasteiger partial charge in [-0.1, -0.05) is 65.9 Å². The number of benzene rings is 2. The number of nitrogens with zero attached hydrogens (tertiary/aromatic N) is 1. The number of thioether (sulfide) groups is 1. The SMILES string of the molecule is Cc1ccc(C=C2SC(=S)N(CCCC(=O)NNC(=O)c3ccccc3Br)C2=O)cc1. The molecule has 31 heavy (non-hydrogen) atoms. The van der Waals surface area contributed by atoms with Gasteiger partial charge < -0.3 is 0 Å². The van der Waals surface area contributed by atoms with Crippen LogP contribution in [0.15, 0.2) is 57.9 Å². The first-order chi connectivity index (χ1) is 14.8. The molecule has 2 N–H and O–H groups in total. The summed E-state index contributed by atoms with van der Waals surface area (Å²) >= 11 is 9.88. The number of amides is 3. The van der Waals surface area contributed by atoms with Gasteiger partial charge in [0.25, 0.3) is 11.8 Å². The lowest BCUT2D eigenvalue weighted by atomic mass is 10.1. The van der Waals surface area contributed by atoms with Crippen molar-refractivity contribution in [3.63, 3.8) is 0 Å². The molecule has 3 rings (SSSR count). The minimum Gasteiger partial charge on any atom is -0.293 e. The summed E-state index contributed by atoms with van der Waals surface area (Å²) in [6.45, 7) is 2.34. The highest BCUT2D eigenvalue weighted by Crippen LogP contribution is 2.32. The second-order valence-electron chi connectivity index (χ2n) is 6.83. The molecule has 3 amide bonds. The van der Waals surface area contributed by atoms with E-state index < -0.39 is 5.91 Å². The molecular formula is C22H20BrN3O3S2. The zero-order valence-electron chi connectivity index (χ0n) is 16.7. The number of aryl methyl sites for hydroxylation is 1. The third kappa shape index (κ3) is 6.25. The van der Waals surface area contributed by atoms with Crippen LogP contribution >= 0.6 is 39.9 Å². The second kappa shape index (κ2) is 10.7. The van der Waals surface area contributed by atoms with Crippen LogP contribution in [0, 0.1) is 6.92 Å². The van der Waals surface area contributed by atoms with Crippen LogP contribution in [-0.4, -0.2) is 33.5 Å². The van der Waals surface area contributed by atoms with E-state index in [0.717, 1.165) is 11.1 Å². The Balaban J connectivity index is 1.46. The fourth-order valence-electron chi connectivity index (χ4n) is 2.81. The van der Waals surface area contributed by atoms with Gasteiger partial charge in [0.2, 0.25) is 5.91 Å². The zero-order valence-corrected chi connectivity index (χ0v) is 19.9. The molecule has 2 aromatic carbocycles. The van der Waals surface area contributed by atoms with Gasteiger partial charge in [-0.2, -0.15) is 0 Å². The Hall–Kier alpha value is -2.49. The normalized spacial score (nSPS) is 14.8. The molecule has 1 aliphatic heterocycles. The maximum atomic E-state index is 12.7. The van der Waals surface area contributed by atoms with Gasteiger partial charge in [-0.3, -0.25) is 30.1 Å². The molecule has 0 radical (unpaired) electrons. The fraction of sp³-hybridized carbons (Fsp3) is 0.182. The average Bonchev–Trinajstić information content (AvgIpc) is 3.01. The first-order valence-electron chi connectivity index (χ1n) is 9.51. The number of thiocarbonyl (C=S) groups is 1. The number of hydrogen-bond acceptors (Lipinski definition) is 5. The van der Waals surface area contributed by atoms with Gasteiger partial charge >= 0.3 is 0 Å². The molecule has 0 spiro atoms. The van der Waals surface area contributed by atoms with E-state index in [4.69, 9.17) is 12.2 Å². The van der Waals surface area contributed by atoms with Crippen LogP contribution in [0.25, 0.3) is 6.08 Å². The Morgan fingerprint density at radius 1 is 1.13 bits per heavy atom. The lowest BCUT2D eigenvalue weighted by Gasteiger charge is -2.14. The first kappa shape index (κ1) is 23.2. The smallest absolute Gasteiger partial charge is 0.270 e. The summed E-state index contributed by atoms with van der Waals surface area (Å²) in [5.41, 5.74) is 7.28. The number of hydrazine groups is 1. The van der Waals surface area contributed by atoms with Gasteiger partial charge in [0, 0.05) is 17.4 Å². The molecule has 0 bridgehead atoms. The van der Waals surface area contributed by atoms with E-state index in [-0.39, 0.29) is 18.2 Å². The number of nitrogens with one attached hydrogen (secondary N) is 2. The van der Waals surface area contributed by atoms with Crippen molar-refractivity contribution >= 4 is 68.0 Å². The summed E-state index contributed by atoms with van der Waals surface area (Å²) in [4.78, 5) is 38.9. The molecule has 1 aliphatic rings. The highest BCUT2D eigenvalue weighted by atomic mass is 79.9. The lowest BCUT2D eigenvalue weighted by Crippen LogP contribution is -2.42. The lowest BCUT2D eigenvalue weighted by molar-refractivity contribution is -0.124. The molecular weight excluding hydrogens is 498 g/mol. The molecule has 1 fully saturated rings. The van der Waals surface area contributed by atoms with Crippen molar-refractivity contribution in [2.45, 2.75) is 19.8 Å². The van der Waals surface area contributed by atoms with Crippen LogP contribution in [0.5, 0.6) is 0 Å². The predicted octanol–water partition coefficient (Wildman–Crippen LogP) is 4.20. The summed E-state index contributed by atoms with van der Waals surface area (Å²) < 4.78 is 1.11. The van der Waals surface area contributed by atoms with Crippen molar-refractivity contribution in [3.8, 4) is 0 Å². The Bertz CT molecular complexity index is 1050. The summed E-state index contributed by atoms with van der Waals surface area (Å²) in [5.74, 6) is -0.918. The Morgan fingerprint density at radius 2 is 1.84 bits per heavy atom. The van der Waals surface area contributed by atoms with Gasteiger partial charge in [0.05, 0.1) is 10.5 Å². The Kier molecular flexibility index (Phi) is 8.00. The molecule has 1 heterocycles. The van der Waals surface area contributed by atoms with Crippen LogP contribution in [0.2, 0.25) is 0 Å². The molecule has 160 valence electrons. The first-order valence-corrected chi connectivity index (χ1v) is 11.5. The summed E-state index contributed by atoms with van der Waals surface area (Å²) in [6, 6.07) is 14.8. The number of halogens is 1. The van der Waals surface area contributed by atoms with Crippen molar-refractivity contribution in [2.75, 3.05) is 6.54 Å². The largest absolute Gasteiger partial charge is 0.293 e. The van der Waals surface area contributed by atoms with E-state index in [2.05, 4.69) is 26.8 Å². The Labute approximate surface area is 198 Å². The van der Waals surface area contributed by atoms with E-state index in [1.807, 2.05) is 37.3 Å². The highest BCUT2D eigenvalue weighted by molar-refractivity contribution is 9.10. The number of hydrogen-bond donors (Lipinski definition) is 2. The maximum Gasteiger partial charge on any atom is 0.270 e. The molecule has 0 aromatic heterocycles. The van der Waals surface area contributed by atoms with Gasteiger partial charge in [0.15, 0.2) is 0 Å². The van der Waals surface area contributed by atoms with Crippen molar-refractivity contribution in [1.82, 2.24) is 15.8 Å². The van der Waals surface area contributed by atoms with E-state index in [9.17, 15) is 14.4 Å². The minimum absolute atomic E-state index is 0.143. The zero-order chi connectivity index (χ0) is 22.4. The number of carbonyl (C=O) groups is 3.